The van der Waals surface area contributed by atoms with Crippen LogP contribution in [0.1, 0.15) is 37.0 Å². The molecule has 0 amide bonds. The van der Waals surface area contributed by atoms with Gasteiger partial charge in [0, 0.05) is 0 Å². The summed E-state index contributed by atoms with van der Waals surface area (Å²) in [6, 6.07) is 32.7. The first-order valence-corrected chi connectivity index (χ1v) is 10.2. The molecule has 26 heavy (non-hydrogen) atoms. The summed E-state index contributed by atoms with van der Waals surface area (Å²) in [5.74, 6) is 1.07. The van der Waals surface area contributed by atoms with Crippen LogP contribution in [0.25, 0.3) is 0 Å². The fourth-order valence-corrected chi connectivity index (χ4v) is 4.78. The molecule has 0 aliphatic heterocycles. The van der Waals surface area contributed by atoms with Gasteiger partial charge in [-0.3, -0.25) is 0 Å². The number of thioether (sulfide) groups is 1. The largest absolute Gasteiger partial charge is 0.140 e. The Morgan fingerprint density at radius 2 is 1.08 bits per heavy atom. The normalized spacial score (nSPS) is 11.2. The van der Waals surface area contributed by atoms with Crippen LogP contribution >= 0.6 is 11.8 Å². The Morgan fingerprint density at radius 1 is 0.692 bits per heavy atom. The summed E-state index contributed by atoms with van der Waals surface area (Å²) >= 11 is 2.03. The van der Waals surface area contributed by atoms with E-state index in [0.717, 1.165) is 12.2 Å². The number of allylic oxidation sites excluding steroid dienone is 2. The van der Waals surface area contributed by atoms with Crippen molar-refractivity contribution in [1.29, 1.82) is 0 Å². The topological polar surface area (TPSA) is 0 Å². The Morgan fingerprint density at radius 3 is 1.42 bits per heavy atom. The minimum atomic E-state index is -0.195. The monoisotopic (exact) mass is 358 g/mol. The highest BCUT2D eigenvalue weighted by atomic mass is 32.2. The van der Waals surface area contributed by atoms with Crippen LogP contribution in [0.3, 0.4) is 0 Å². The highest BCUT2D eigenvalue weighted by Gasteiger charge is 2.36. The maximum atomic E-state index is 2.33. The maximum absolute atomic E-state index is 2.33. The second-order valence-corrected chi connectivity index (χ2v) is 8.01. The van der Waals surface area contributed by atoms with Gasteiger partial charge in [0.05, 0.1) is 4.75 Å². The van der Waals surface area contributed by atoms with Gasteiger partial charge in [-0.25, -0.2) is 0 Å². The highest BCUT2D eigenvalue weighted by molar-refractivity contribution is 8.00. The molecule has 0 radical (unpaired) electrons. The predicted octanol–water partition coefficient (Wildman–Crippen LogP) is 7.07. The molecule has 0 spiro atoms. The van der Waals surface area contributed by atoms with Crippen molar-refractivity contribution in [1.82, 2.24) is 0 Å². The molecule has 3 rings (SSSR count). The maximum Gasteiger partial charge on any atom is 0.0907 e. The molecule has 0 heterocycles. The summed E-state index contributed by atoms with van der Waals surface area (Å²) < 4.78 is -0.195. The van der Waals surface area contributed by atoms with Crippen molar-refractivity contribution in [3.8, 4) is 0 Å². The van der Waals surface area contributed by atoms with Crippen LogP contribution in [-0.4, -0.2) is 5.75 Å². The van der Waals surface area contributed by atoms with Crippen molar-refractivity contribution >= 4 is 11.8 Å². The fraction of sp³-hybridized carbons (Fsp3) is 0.200. The quantitative estimate of drug-likeness (QED) is 0.247. The second-order valence-electron chi connectivity index (χ2n) is 6.70. The zero-order chi connectivity index (χ0) is 18.2. The molecule has 132 valence electrons. The Hall–Kier alpha value is -2.25. The number of benzene rings is 3. The van der Waals surface area contributed by atoms with Gasteiger partial charge in [-0.05, 0) is 42.7 Å². The molecule has 0 saturated carbocycles. The van der Waals surface area contributed by atoms with Gasteiger partial charge in [-0.1, -0.05) is 103 Å². The van der Waals surface area contributed by atoms with Gasteiger partial charge in [-0.2, -0.15) is 0 Å². The van der Waals surface area contributed by atoms with Crippen LogP contribution in [0.2, 0.25) is 0 Å². The van der Waals surface area contributed by atoms with Crippen molar-refractivity contribution in [3.05, 3.63) is 119 Å². The molecule has 0 saturated heterocycles. The highest BCUT2D eigenvalue weighted by Crippen LogP contribution is 2.48. The third kappa shape index (κ3) is 4.11. The van der Waals surface area contributed by atoms with Gasteiger partial charge >= 0.3 is 0 Å². The van der Waals surface area contributed by atoms with Crippen molar-refractivity contribution in [2.45, 2.75) is 25.0 Å². The first-order valence-electron chi connectivity index (χ1n) is 9.17. The van der Waals surface area contributed by atoms with E-state index in [-0.39, 0.29) is 4.75 Å². The van der Waals surface area contributed by atoms with Crippen LogP contribution in [-0.2, 0) is 4.75 Å². The zero-order valence-corrected chi connectivity index (χ0v) is 16.4. The average Bonchev–Trinajstić information content (AvgIpc) is 2.70. The van der Waals surface area contributed by atoms with Gasteiger partial charge in [0.15, 0.2) is 0 Å². The molecule has 0 aliphatic rings. The minimum Gasteiger partial charge on any atom is -0.140 e. The van der Waals surface area contributed by atoms with E-state index >= 15 is 0 Å². The lowest BCUT2D eigenvalue weighted by atomic mass is 9.84. The van der Waals surface area contributed by atoms with Gasteiger partial charge < -0.3 is 0 Å². The van der Waals surface area contributed by atoms with Gasteiger partial charge in [0.25, 0.3) is 0 Å². The van der Waals surface area contributed by atoms with Crippen LogP contribution in [0.4, 0.5) is 0 Å². The van der Waals surface area contributed by atoms with E-state index < -0.39 is 0 Å². The van der Waals surface area contributed by atoms with Crippen LogP contribution in [0.5, 0.6) is 0 Å². The Labute approximate surface area is 162 Å². The van der Waals surface area contributed by atoms with E-state index in [1.165, 1.54) is 22.3 Å². The van der Waals surface area contributed by atoms with Crippen molar-refractivity contribution in [3.63, 3.8) is 0 Å². The van der Waals surface area contributed by atoms with E-state index in [1.807, 2.05) is 11.8 Å². The third-order valence-electron chi connectivity index (χ3n) is 4.53. The van der Waals surface area contributed by atoms with Crippen molar-refractivity contribution < 1.29 is 0 Å². The van der Waals surface area contributed by atoms with E-state index in [4.69, 9.17) is 0 Å². The smallest absolute Gasteiger partial charge is 0.0907 e. The van der Waals surface area contributed by atoms with Gasteiger partial charge in [0.2, 0.25) is 0 Å². The molecule has 0 aliphatic carbocycles. The number of hydrogen-bond acceptors (Lipinski definition) is 1. The first kappa shape index (κ1) is 18.5. The van der Waals surface area contributed by atoms with Gasteiger partial charge in [0.1, 0.15) is 0 Å². The molecule has 0 N–H and O–H groups in total. The van der Waals surface area contributed by atoms with E-state index in [0.29, 0.717) is 0 Å². The molecular weight excluding hydrogens is 332 g/mol. The second kappa shape index (κ2) is 8.91. The van der Waals surface area contributed by atoms with Crippen molar-refractivity contribution in [2.75, 3.05) is 5.75 Å². The molecule has 3 aromatic rings. The summed E-state index contributed by atoms with van der Waals surface area (Å²) in [7, 11) is 0. The number of rotatable bonds is 7. The van der Waals surface area contributed by atoms with Crippen LogP contribution < -0.4 is 0 Å². The third-order valence-corrected chi connectivity index (χ3v) is 6.11. The molecule has 0 atom stereocenters. The molecule has 0 nitrogen and oxygen atoms in total. The summed E-state index contributed by atoms with van der Waals surface area (Å²) in [6.07, 6.45) is 3.42. The minimum absolute atomic E-state index is 0.195. The summed E-state index contributed by atoms with van der Waals surface area (Å²) in [5.41, 5.74) is 5.38. The molecule has 0 unspecified atom stereocenters. The number of hydrogen-bond donors (Lipinski definition) is 0. The Bertz CT molecular complexity index is 719. The standard InChI is InChI=1S/C25H26S/c1-21(2)13-12-20-26-25(22-14-6-3-7-15-22,23-16-8-4-9-17-23)24-18-10-5-11-19-24/h3-11,13-19H,12,20H2,1-2H3. The molecule has 1 heteroatoms. The first-order chi connectivity index (χ1) is 12.7. The zero-order valence-electron chi connectivity index (χ0n) is 15.6. The predicted molar refractivity (Wildman–Crippen MR) is 116 cm³/mol. The van der Waals surface area contributed by atoms with Crippen LogP contribution in [0.15, 0.2) is 103 Å². The van der Waals surface area contributed by atoms with Crippen LogP contribution in [0, 0.1) is 0 Å². The van der Waals surface area contributed by atoms with E-state index in [2.05, 4.69) is 111 Å². The Balaban J connectivity index is 2.13. The lowest BCUT2D eigenvalue weighted by Gasteiger charge is -2.35. The fourth-order valence-electron chi connectivity index (χ4n) is 3.33. The SMILES string of the molecule is CC(C)=CCCSC(c1ccccc1)(c1ccccc1)c1ccccc1. The molecule has 3 aromatic carbocycles. The molecule has 0 aromatic heterocycles. The van der Waals surface area contributed by atoms with E-state index in [9.17, 15) is 0 Å². The van der Waals surface area contributed by atoms with Crippen molar-refractivity contribution in [2.24, 2.45) is 0 Å². The summed E-state index contributed by atoms with van der Waals surface area (Å²) in [6.45, 7) is 4.34. The molecule has 0 fully saturated rings. The molecular formula is C25H26S. The summed E-state index contributed by atoms with van der Waals surface area (Å²) in [5, 5.41) is 0. The average molecular weight is 359 g/mol. The van der Waals surface area contributed by atoms with Gasteiger partial charge in [-0.15, -0.1) is 11.8 Å². The lowest BCUT2D eigenvalue weighted by molar-refractivity contribution is 0.892. The summed E-state index contributed by atoms with van der Waals surface area (Å²) in [4.78, 5) is 0. The molecule has 0 bridgehead atoms. The van der Waals surface area contributed by atoms with E-state index in [1.54, 1.807) is 0 Å². The lowest BCUT2D eigenvalue weighted by Crippen LogP contribution is -2.26. The Kier molecular flexibility index (Phi) is 6.35.